The van der Waals surface area contributed by atoms with Gasteiger partial charge in [0.2, 0.25) is 0 Å². The minimum Gasteiger partial charge on any atom is -0.414 e. The third-order valence-electron chi connectivity index (χ3n) is 4.16. The summed E-state index contributed by atoms with van der Waals surface area (Å²) < 4.78 is 6.25. The van der Waals surface area contributed by atoms with Crippen molar-refractivity contribution in [3.05, 3.63) is 0 Å². The van der Waals surface area contributed by atoms with E-state index < -0.39 is 8.32 Å². The second-order valence-electron chi connectivity index (χ2n) is 6.40. The molecule has 0 rings (SSSR count). The van der Waals surface area contributed by atoms with Gasteiger partial charge >= 0.3 is 0 Å². The molecule has 2 nitrogen and oxygen atoms in total. The zero-order valence-electron chi connectivity index (χ0n) is 12.3. The normalized spacial score (nSPS) is 17.6. The summed E-state index contributed by atoms with van der Waals surface area (Å²) in [7, 11) is -1.74. The number of aliphatic hydroxyl groups is 1. The zero-order valence-corrected chi connectivity index (χ0v) is 13.3. The van der Waals surface area contributed by atoms with Gasteiger partial charge in [0, 0.05) is 6.10 Å². The van der Waals surface area contributed by atoms with Crippen molar-refractivity contribution in [3.8, 4) is 0 Å². The Morgan fingerprint density at radius 1 is 1.12 bits per heavy atom. The highest BCUT2D eigenvalue weighted by atomic mass is 28.4. The van der Waals surface area contributed by atoms with Crippen LogP contribution in [-0.4, -0.2) is 25.6 Å². The van der Waals surface area contributed by atoms with Crippen molar-refractivity contribution in [2.45, 2.75) is 78.3 Å². The Labute approximate surface area is 103 Å². The van der Waals surface area contributed by atoms with Gasteiger partial charge < -0.3 is 9.53 Å². The van der Waals surface area contributed by atoms with Crippen molar-refractivity contribution in [2.75, 3.05) is 0 Å². The maximum absolute atomic E-state index is 9.37. The monoisotopic (exact) mass is 246 g/mol. The van der Waals surface area contributed by atoms with Gasteiger partial charge in [0.15, 0.2) is 8.32 Å². The molecule has 0 saturated heterocycles. The fraction of sp³-hybridized carbons (Fsp3) is 1.00. The van der Waals surface area contributed by atoms with Crippen LogP contribution in [0.1, 0.15) is 48.0 Å². The minimum absolute atomic E-state index is 0.152. The lowest BCUT2D eigenvalue weighted by Crippen LogP contribution is -2.47. The summed E-state index contributed by atoms with van der Waals surface area (Å²) in [6.07, 6.45) is 0.603. The molecule has 98 valence electrons. The maximum atomic E-state index is 9.37. The number of hydrogen-bond donors (Lipinski definition) is 1. The Hall–Kier alpha value is 0.137. The van der Waals surface area contributed by atoms with Gasteiger partial charge in [-0.25, -0.2) is 0 Å². The summed E-state index contributed by atoms with van der Waals surface area (Å²) in [5.74, 6) is 0.618. The zero-order chi connectivity index (χ0) is 13.1. The third-order valence-corrected chi connectivity index (χ3v) is 8.84. The average Bonchev–Trinajstić information content (AvgIpc) is 1.99. The van der Waals surface area contributed by atoms with Gasteiger partial charge in [0.25, 0.3) is 0 Å². The van der Waals surface area contributed by atoms with Gasteiger partial charge in [-0.05, 0) is 44.3 Å². The number of rotatable bonds is 6. The molecule has 0 bridgehead atoms. The Morgan fingerprint density at radius 3 is 1.88 bits per heavy atom. The van der Waals surface area contributed by atoms with E-state index in [0.717, 1.165) is 6.42 Å². The van der Waals surface area contributed by atoms with Crippen LogP contribution in [0.5, 0.6) is 0 Å². The van der Waals surface area contributed by atoms with E-state index in [4.69, 9.17) is 4.43 Å². The van der Waals surface area contributed by atoms with Crippen LogP contribution in [0.15, 0.2) is 0 Å². The Kier molecular flexibility index (Phi) is 5.70. The molecule has 16 heavy (non-hydrogen) atoms. The molecule has 0 radical (unpaired) electrons. The molecule has 0 aliphatic heterocycles. The molecule has 0 aromatic heterocycles. The molecule has 0 aliphatic carbocycles. The molecular formula is C13H30O2Si. The standard InChI is InChI=1S/C13H30O2Si/c1-10(2)13(5,6)16(7,8)15-12(4)9-11(3)14/h10-12,14H,9H2,1-8H3/t11-,12-/m0/s1. The maximum Gasteiger partial charge on any atom is 0.192 e. The molecule has 0 saturated carbocycles. The van der Waals surface area contributed by atoms with Crippen LogP contribution in [0.4, 0.5) is 0 Å². The Bertz CT molecular complexity index is 210. The predicted octanol–water partition coefficient (Wildman–Crippen LogP) is 3.80. The summed E-state index contributed by atoms with van der Waals surface area (Å²) in [6.45, 7) is 17.6. The smallest absolute Gasteiger partial charge is 0.192 e. The van der Waals surface area contributed by atoms with E-state index in [0.29, 0.717) is 5.92 Å². The largest absolute Gasteiger partial charge is 0.414 e. The first-order valence-electron chi connectivity index (χ1n) is 6.36. The third kappa shape index (κ3) is 4.19. The van der Waals surface area contributed by atoms with Crippen LogP contribution in [0, 0.1) is 5.92 Å². The fourth-order valence-corrected chi connectivity index (χ4v) is 4.67. The second-order valence-corrected chi connectivity index (χ2v) is 10.9. The highest BCUT2D eigenvalue weighted by molar-refractivity contribution is 6.74. The van der Waals surface area contributed by atoms with E-state index in [9.17, 15) is 5.11 Å². The first-order valence-corrected chi connectivity index (χ1v) is 9.27. The summed E-state index contributed by atoms with van der Waals surface area (Å²) in [4.78, 5) is 0. The molecule has 1 N–H and O–H groups in total. The molecule has 0 fully saturated rings. The van der Waals surface area contributed by atoms with E-state index in [2.05, 4.69) is 47.7 Å². The van der Waals surface area contributed by atoms with Gasteiger partial charge in [-0.15, -0.1) is 0 Å². The molecule has 0 heterocycles. The van der Waals surface area contributed by atoms with Crippen LogP contribution in [0.2, 0.25) is 18.1 Å². The Balaban J connectivity index is 4.56. The molecule has 0 amide bonds. The van der Waals surface area contributed by atoms with Crippen molar-refractivity contribution >= 4 is 8.32 Å². The summed E-state index contributed by atoms with van der Waals surface area (Å²) in [6, 6.07) is 0. The van der Waals surface area contributed by atoms with Gasteiger partial charge in [0.05, 0.1) is 6.10 Å². The lowest BCUT2D eigenvalue weighted by molar-refractivity contribution is 0.104. The molecular weight excluding hydrogens is 216 g/mol. The number of aliphatic hydroxyl groups excluding tert-OH is 1. The van der Waals surface area contributed by atoms with Crippen molar-refractivity contribution in [3.63, 3.8) is 0 Å². The van der Waals surface area contributed by atoms with E-state index in [1.54, 1.807) is 0 Å². The molecule has 0 spiro atoms. The lowest BCUT2D eigenvalue weighted by Gasteiger charge is -2.44. The lowest BCUT2D eigenvalue weighted by atomic mass is 9.99. The quantitative estimate of drug-likeness (QED) is 0.722. The molecule has 3 heteroatoms. The van der Waals surface area contributed by atoms with Crippen LogP contribution in [-0.2, 0) is 4.43 Å². The predicted molar refractivity (Wildman–Crippen MR) is 73.2 cm³/mol. The van der Waals surface area contributed by atoms with E-state index in [1.165, 1.54) is 0 Å². The van der Waals surface area contributed by atoms with Crippen molar-refractivity contribution in [1.82, 2.24) is 0 Å². The molecule has 2 atom stereocenters. The molecule has 0 aliphatic rings. The van der Waals surface area contributed by atoms with Gasteiger partial charge in [-0.1, -0.05) is 27.7 Å². The molecule has 0 unspecified atom stereocenters. The van der Waals surface area contributed by atoms with Crippen molar-refractivity contribution in [2.24, 2.45) is 5.92 Å². The van der Waals surface area contributed by atoms with Crippen LogP contribution in [0.3, 0.4) is 0 Å². The molecule has 0 aromatic rings. The summed E-state index contributed by atoms with van der Waals surface area (Å²) >= 11 is 0. The first kappa shape index (κ1) is 16.1. The van der Waals surface area contributed by atoms with Gasteiger partial charge in [-0.3, -0.25) is 0 Å². The van der Waals surface area contributed by atoms with Crippen molar-refractivity contribution in [1.29, 1.82) is 0 Å². The summed E-state index contributed by atoms with van der Waals surface area (Å²) in [5.41, 5.74) is 0. The average molecular weight is 246 g/mol. The SMILES string of the molecule is CC(C)C(C)(C)[Si](C)(C)O[C@@H](C)C[C@H](C)O. The summed E-state index contributed by atoms with van der Waals surface area (Å²) in [5, 5.41) is 9.62. The topological polar surface area (TPSA) is 29.5 Å². The van der Waals surface area contributed by atoms with Crippen LogP contribution >= 0.6 is 0 Å². The first-order chi connectivity index (χ1) is 7.00. The van der Waals surface area contributed by atoms with E-state index >= 15 is 0 Å². The van der Waals surface area contributed by atoms with Crippen molar-refractivity contribution < 1.29 is 9.53 Å². The second kappa shape index (κ2) is 5.65. The van der Waals surface area contributed by atoms with Crippen LogP contribution in [0.25, 0.3) is 0 Å². The molecule has 0 aromatic carbocycles. The van der Waals surface area contributed by atoms with E-state index in [-0.39, 0.29) is 17.2 Å². The van der Waals surface area contributed by atoms with Gasteiger partial charge in [-0.2, -0.15) is 0 Å². The highest BCUT2D eigenvalue weighted by Crippen LogP contribution is 2.45. The highest BCUT2D eigenvalue weighted by Gasteiger charge is 2.44. The van der Waals surface area contributed by atoms with Gasteiger partial charge in [0.1, 0.15) is 0 Å². The van der Waals surface area contributed by atoms with Crippen LogP contribution < -0.4 is 0 Å². The number of hydrogen-bond acceptors (Lipinski definition) is 2. The fourth-order valence-electron chi connectivity index (χ4n) is 1.88. The minimum atomic E-state index is -1.74. The van der Waals surface area contributed by atoms with E-state index in [1.807, 2.05) is 6.92 Å². The Morgan fingerprint density at radius 2 is 1.56 bits per heavy atom.